The maximum absolute atomic E-state index is 12.8. The van der Waals surface area contributed by atoms with Crippen molar-refractivity contribution >= 4 is 12.0 Å². The Morgan fingerprint density at radius 3 is 2.69 bits per heavy atom. The Morgan fingerprint density at radius 1 is 1.14 bits per heavy atom. The van der Waals surface area contributed by atoms with E-state index in [2.05, 4.69) is 39.8 Å². The van der Waals surface area contributed by atoms with Gasteiger partial charge in [0.1, 0.15) is 5.75 Å². The van der Waals surface area contributed by atoms with Gasteiger partial charge in [-0.05, 0) is 58.7 Å². The number of rotatable bonds is 11. The number of aromatic amines is 1. The molecule has 0 fully saturated rings. The van der Waals surface area contributed by atoms with Gasteiger partial charge in [-0.3, -0.25) is 4.79 Å². The molecule has 0 bridgehead atoms. The number of fused-ring (bicyclic) bond motifs is 1. The number of aromatic nitrogens is 4. The average Bonchev–Trinajstić information content (AvgIpc) is 3.41. The highest BCUT2D eigenvalue weighted by atomic mass is 16.6. The van der Waals surface area contributed by atoms with E-state index in [1.807, 2.05) is 36.4 Å². The largest absolute Gasteiger partial charge is 0.494 e. The first kappa shape index (κ1) is 24.3. The monoisotopic (exact) mass is 477 g/mol. The van der Waals surface area contributed by atoms with Gasteiger partial charge in [0.25, 0.3) is 5.72 Å². The molecule has 184 valence electrons. The van der Waals surface area contributed by atoms with Crippen LogP contribution in [0.4, 0.5) is 0 Å². The maximum Gasteiger partial charge on any atom is 0.279 e. The molecule has 2 aromatic carbocycles. The molecule has 0 aliphatic carbocycles. The molecule has 1 aromatic heterocycles. The van der Waals surface area contributed by atoms with Gasteiger partial charge >= 0.3 is 0 Å². The van der Waals surface area contributed by atoms with E-state index in [1.165, 1.54) is 25.3 Å². The van der Waals surface area contributed by atoms with E-state index >= 15 is 0 Å². The highest BCUT2D eigenvalue weighted by Crippen LogP contribution is 2.37. The smallest absolute Gasteiger partial charge is 0.279 e. The molecule has 2 heterocycles. The van der Waals surface area contributed by atoms with Crippen LogP contribution >= 0.6 is 0 Å². The van der Waals surface area contributed by atoms with E-state index in [4.69, 9.17) is 14.2 Å². The number of unbranched alkanes of at least 4 members (excludes halogenated alkanes) is 2. The Bertz CT molecular complexity index is 1120. The SMILES string of the molecule is CC(C)CCCCCOc1ccc(C=CC(=O)NC2(c3nnn[nH]3)COc3ccccc3O2)cc1. The van der Waals surface area contributed by atoms with Gasteiger partial charge in [0, 0.05) is 6.08 Å². The third kappa shape index (κ3) is 6.59. The summed E-state index contributed by atoms with van der Waals surface area (Å²) in [6.07, 6.45) is 7.88. The summed E-state index contributed by atoms with van der Waals surface area (Å²) in [6.45, 7) is 5.21. The Balaban J connectivity index is 1.32. The van der Waals surface area contributed by atoms with Crippen molar-refractivity contribution in [3.8, 4) is 17.2 Å². The first-order chi connectivity index (χ1) is 17.0. The molecule has 9 heteroatoms. The second-order valence-electron chi connectivity index (χ2n) is 8.90. The zero-order valence-corrected chi connectivity index (χ0v) is 20.1. The van der Waals surface area contributed by atoms with Crippen molar-refractivity contribution in [2.45, 2.75) is 45.3 Å². The second kappa shape index (κ2) is 11.5. The fraction of sp³-hybridized carbons (Fsp3) is 0.385. The van der Waals surface area contributed by atoms with Gasteiger partial charge < -0.3 is 19.5 Å². The number of carbonyl (C=O) groups is 1. The Morgan fingerprint density at radius 2 is 1.94 bits per heavy atom. The number of ether oxygens (including phenoxy) is 3. The molecule has 0 spiro atoms. The molecule has 35 heavy (non-hydrogen) atoms. The fourth-order valence-electron chi connectivity index (χ4n) is 3.73. The van der Waals surface area contributed by atoms with E-state index in [-0.39, 0.29) is 18.3 Å². The van der Waals surface area contributed by atoms with Crippen molar-refractivity contribution in [3.63, 3.8) is 0 Å². The number of nitrogens with zero attached hydrogens (tertiary/aromatic N) is 3. The molecule has 1 unspecified atom stereocenters. The van der Waals surface area contributed by atoms with Gasteiger partial charge in [-0.2, -0.15) is 0 Å². The van der Waals surface area contributed by atoms with E-state index in [0.29, 0.717) is 18.1 Å². The third-order valence-corrected chi connectivity index (χ3v) is 5.62. The molecule has 3 aromatic rings. The lowest BCUT2D eigenvalue weighted by molar-refractivity contribution is -0.127. The van der Waals surface area contributed by atoms with Crippen LogP contribution in [0.2, 0.25) is 0 Å². The molecule has 1 aliphatic rings. The zero-order chi connectivity index (χ0) is 24.5. The molecular formula is C26H31N5O4. The van der Waals surface area contributed by atoms with Crippen LogP contribution in [0.3, 0.4) is 0 Å². The minimum atomic E-state index is -1.38. The van der Waals surface area contributed by atoms with E-state index in [0.717, 1.165) is 23.7 Å². The van der Waals surface area contributed by atoms with Crippen LogP contribution in [0.25, 0.3) is 6.08 Å². The fourth-order valence-corrected chi connectivity index (χ4v) is 3.73. The van der Waals surface area contributed by atoms with Crippen LogP contribution in [0.5, 0.6) is 17.2 Å². The Kier molecular flexibility index (Phi) is 7.97. The van der Waals surface area contributed by atoms with Gasteiger partial charge in [-0.1, -0.05) is 57.4 Å². The molecule has 0 saturated carbocycles. The van der Waals surface area contributed by atoms with E-state index in [1.54, 1.807) is 18.2 Å². The molecule has 1 atom stereocenters. The summed E-state index contributed by atoms with van der Waals surface area (Å²) in [6, 6.07) is 14.8. The van der Waals surface area contributed by atoms with Crippen molar-refractivity contribution in [2.24, 2.45) is 5.92 Å². The second-order valence-corrected chi connectivity index (χ2v) is 8.90. The number of hydrogen-bond acceptors (Lipinski definition) is 7. The van der Waals surface area contributed by atoms with Crippen molar-refractivity contribution in [2.75, 3.05) is 13.2 Å². The number of hydrogen-bond donors (Lipinski definition) is 2. The van der Waals surface area contributed by atoms with Gasteiger partial charge in [0.05, 0.1) is 6.61 Å². The molecule has 1 aliphatic heterocycles. The van der Waals surface area contributed by atoms with Gasteiger partial charge in [0.2, 0.25) is 11.7 Å². The lowest BCUT2D eigenvalue weighted by Crippen LogP contribution is -2.56. The third-order valence-electron chi connectivity index (χ3n) is 5.62. The number of amides is 1. The van der Waals surface area contributed by atoms with E-state index in [9.17, 15) is 4.79 Å². The number of benzene rings is 2. The first-order valence-corrected chi connectivity index (χ1v) is 11.9. The summed E-state index contributed by atoms with van der Waals surface area (Å²) >= 11 is 0. The van der Waals surface area contributed by atoms with Gasteiger partial charge in [-0.25, -0.2) is 5.10 Å². The average molecular weight is 478 g/mol. The Hall–Kier alpha value is -3.88. The standard InChI is InChI=1S/C26H31N5O4/c1-19(2)8-4-3-7-17-33-21-14-11-20(12-15-21)13-16-24(32)27-26(25-28-30-31-29-25)18-34-22-9-5-6-10-23(22)35-26/h5-6,9-16,19H,3-4,7-8,17-18H2,1-2H3,(H,27,32)(H,28,29,30,31). The highest BCUT2D eigenvalue weighted by molar-refractivity contribution is 5.92. The number of tetrazole rings is 1. The summed E-state index contributed by atoms with van der Waals surface area (Å²) in [4.78, 5) is 12.8. The molecule has 0 saturated heterocycles. The first-order valence-electron chi connectivity index (χ1n) is 11.9. The van der Waals surface area contributed by atoms with Crippen LogP contribution in [0.1, 0.15) is 50.9 Å². The molecule has 1 amide bonds. The minimum absolute atomic E-state index is 0.00394. The van der Waals surface area contributed by atoms with Crippen molar-refractivity contribution in [1.29, 1.82) is 0 Å². The van der Waals surface area contributed by atoms with Crippen molar-refractivity contribution in [3.05, 3.63) is 66.0 Å². The quantitative estimate of drug-likeness (QED) is 0.314. The van der Waals surface area contributed by atoms with Crippen LogP contribution < -0.4 is 19.5 Å². The predicted octanol–water partition coefficient (Wildman–Crippen LogP) is 4.25. The topological polar surface area (TPSA) is 111 Å². The number of H-pyrrole nitrogens is 1. The lowest BCUT2D eigenvalue weighted by Gasteiger charge is -2.36. The predicted molar refractivity (Wildman–Crippen MR) is 131 cm³/mol. The molecule has 9 nitrogen and oxygen atoms in total. The summed E-state index contributed by atoms with van der Waals surface area (Å²) in [5.41, 5.74) is -0.516. The van der Waals surface area contributed by atoms with Gasteiger partial charge in [0.15, 0.2) is 18.1 Å². The van der Waals surface area contributed by atoms with Crippen LogP contribution in [0.15, 0.2) is 54.6 Å². The summed E-state index contributed by atoms with van der Waals surface area (Å²) < 4.78 is 17.7. The van der Waals surface area contributed by atoms with Crippen LogP contribution in [-0.4, -0.2) is 39.7 Å². The molecule has 4 rings (SSSR count). The maximum atomic E-state index is 12.8. The zero-order valence-electron chi connectivity index (χ0n) is 20.1. The Labute approximate surface area is 204 Å². The molecular weight excluding hydrogens is 446 g/mol. The van der Waals surface area contributed by atoms with E-state index < -0.39 is 5.72 Å². The van der Waals surface area contributed by atoms with Crippen LogP contribution in [-0.2, 0) is 10.5 Å². The van der Waals surface area contributed by atoms with Crippen molar-refractivity contribution < 1.29 is 19.0 Å². The number of para-hydroxylation sites is 2. The normalized spacial score (nSPS) is 17.0. The van der Waals surface area contributed by atoms with Crippen molar-refractivity contribution in [1.82, 2.24) is 25.9 Å². The van der Waals surface area contributed by atoms with Crippen LogP contribution in [0, 0.1) is 5.92 Å². The van der Waals surface area contributed by atoms with Gasteiger partial charge in [-0.15, -0.1) is 5.10 Å². The lowest BCUT2D eigenvalue weighted by atomic mass is 10.1. The number of carbonyl (C=O) groups excluding carboxylic acids is 1. The number of nitrogens with one attached hydrogen (secondary N) is 2. The summed E-state index contributed by atoms with van der Waals surface area (Å²) in [5.74, 6) is 2.49. The molecule has 0 radical (unpaired) electrons. The molecule has 2 N–H and O–H groups in total. The minimum Gasteiger partial charge on any atom is -0.494 e. The highest BCUT2D eigenvalue weighted by Gasteiger charge is 2.44. The summed E-state index contributed by atoms with van der Waals surface area (Å²) in [7, 11) is 0. The summed E-state index contributed by atoms with van der Waals surface area (Å²) in [5, 5.41) is 16.7.